The lowest BCUT2D eigenvalue weighted by Gasteiger charge is -2.22. The van der Waals surface area contributed by atoms with Gasteiger partial charge in [0.25, 0.3) is 0 Å². The lowest BCUT2D eigenvalue weighted by molar-refractivity contribution is 0.466. The van der Waals surface area contributed by atoms with E-state index in [-0.39, 0.29) is 28.4 Å². The van der Waals surface area contributed by atoms with Gasteiger partial charge >= 0.3 is 0 Å². The normalized spacial score (nSPS) is 13.0. The minimum Gasteiger partial charge on any atom is -0.507 e. The molecular weight excluding hydrogens is 827 g/mol. The van der Waals surface area contributed by atoms with Gasteiger partial charge < -0.3 is 5.11 Å². The van der Waals surface area contributed by atoms with Crippen molar-refractivity contribution in [3.63, 3.8) is 0 Å². The summed E-state index contributed by atoms with van der Waals surface area (Å²) in [7, 11) is 0. The smallest absolute Gasteiger partial charge is 0.149 e. The maximum absolute atomic E-state index is 12.5. The van der Waals surface area contributed by atoms with E-state index in [1.807, 2.05) is 24.4 Å². The maximum Gasteiger partial charge on any atom is 0.149 e. The van der Waals surface area contributed by atoms with Crippen molar-refractivity contribution in [1.82, 2.24) is 14.5 Å². The van der Waals surface area contributed by atoms with Crippen molar-refractivity contribution in [1.29, 1.82) is 0 Å². The lowest BCUT2D eigenvalue weighted by Crippen LogP contribution is -2.11. The van der Waals surface area contributed by atoms with E-state index in [4.69, 9.17) is 14.1 Å². The van der Waals surface area contributed by atoms with E-state index < -0.39 is 6.85 Å². The molecule has 342 valence electrons. The number of nitrogens with zero attached hydrogens (tertiary/aromatic N) is 3. The van der Waals surface area contributed by atoms with Gasteiger partial charge in [0.05, 0.1) is 28.0 Å². The van der Waals surface area contributed by atoms with E-state index >= 15 is 0 Å². The van der Waals surface area contributed by atoms with Crippen LogP contribution in [0.15, 0.2) is 158 Å². The molecule has 0 aliphatic carbocycles. The van der Waals surface area contributed by atoms with Crippen molar-refractivity contribution in [3.05, 3.63) is 191 Å². The van der Waals surface area contributed by atoms with Crippen LogP contribution in [-0.2, 0) is 10.8 Å². The second-order valence-electron chi connectivity index (χ2n) is 21.2. The number of benzene rings is 7. The highest BCUT2D eigenvalue weighted by atomic mass is 16.3. The van der Waals surface area contributed by atoms with Crippen LogP contribution in [0.5, 0.6) is 5.75 Å². The predicted molar refractivity (Wildman–Crippen MR) is 288 cm³/mol. The van der Waals surface area contributed by atoms with E-state index in [0.29, 0.717) is 17.0 Å². The Morgan fingerprint density at radius 2 is 1.22 bits per heavy atom. The molecule has 0 fully saturated rings. The fourth-order valence-corrected chi connectivity index (χ4v) is 9.36. The van der Waals surface area contributed by atoms with Gasteiger partial charge in [-0.1, -0.05) is 178 Å². The molecule has 1 N–H and O–H groups in total. The second-order valence-corrected chi connectivity index (χ2v) is 21.2. The van der Waals surface area contributed by atoms with Crippen LogP contribution < -0.4 is 0 Å². The fraction of sp³-hybridized carbons (Fsp3) is 0.250. The number of aromatic nitrogens is 3. The molecule has 0 unspecified atom stereocenters. The van der Waals surface area contributed by atoms with Crippen LogP contribution in [0.1, 0.15) is 119 Å². The SMILES string of the molecule is [2H]C([2H])([2H])c1ccc(-c2ccnc(-c3cc(-c4cccc5c4nc(-c4cc(C(C)C)cc(C(C)C)c4O)n5-c4cc(C)c(-c5ccccc5)cc4-c4ccc(C(C)(C)C)cc4)cc(C(C)(C)C)c3)c2)cc1. The topological polar surface area (TPSA) is 50.9 Å². The molecule has 68 heavy (non-hydrogen) atoms. The van der Waals surface area contributed by atoms with Crippen LogP contribution in [0.3, 0.4) is 0 Å². The monoisotopic (exact) mass is 895 g/mol. The molecule has 4 heteroatoms. The number of phenols is 1. The summed E-state index contributed by atoms with van der Waals surface area (Å²) < 4.78 is 25.9. The Bertz CT molecular complexity index is 3420. The van der Waals surface area contributed by atoms with Crippen molar-refractivity contribution >= 4 is 11.0 Å². The summed E-state index contributed by atoms with van der Waals surface area (Å²) in [4.78, 5) is 10.6. The molecular formula is C64H65N3O. The Labute approximate surface area is 408 Å². The number of hydrogen-bond donors (Lipinski definition) is 1. The molecule has 0 radical (unpaired) electrons. The maximum atomic E-state index is 12.5. The highest BCUT2D eigenvalue weighted by Gasteiger charge is 2.27. The van der Waals surface area contributed by atoms with Gasteiger partial charge in [0.1, 0.15) is 11.6 Å². The Morgan fingerprint density at radius 3 is 1.88 bits per heavy atom. The molecule has 0 aliphatic rings. The van der Waals surface area contributed by atoms with E-state index in [9.17, 15) is 5.11 Å². The van der Waals surface area contributed by atoms with Gasteiger partial charge in [0, 0.05) is 27.0 Å². The van der Waals surface area contributed by atoms with E-state index in [1.54, 1.807) is 12.1 Å². The summed E-state index contributed by atoms with van der Waals surface area (Å²) in [5.41, 5.74) is 19.1. The van der Waals surface area contributed by atoms with Crippen LogP contribution in [0.4, 0.5) is 0 Å². The molecule has 7 aromatic carbocycles. The largest absolute Gasteiger partial charge is 0.507 e. The molecule has 0 spiro atoms. The fourth-order valence-electron chi connectivity index (χ4n) is 9.36. The zero-order chi connectivity index (χ0) is 50.7. The third-order valence-electron chi connectivity index (χ3n) is 13.5. The van der Waals surface area contributed by atoms with Crippen LogP contribution in [-0.4, -0.2) is 19.6 Å². The van der Waals surface area contributed by atoms with Crippen LogP contribution in [0.2, 0.25) is 0 Å². The van der Waals surface area contributed by atoms with Crippen LogP contribution in [0, 0.1) is 13.8 Å². The lowest BCUT2D eigenvalue weighted by atomic mass is 9.83. The zero-order valence-electron chi connectivity index (χ0n) is 44.5. The van der Waals surface area contributed by atoms with Crippen molar-refractivity contribution in [3.8, 4) is 78.6 Å². The van der Waals surface area contributed by atoms with Crippen molar-refractivity contribution in [2.24, 2.45) is 0 Å². The highest BCUT2D eigenvalue weighted by molar-refractivity contribution is 5.98. The Morgan fingerprint density at radius 1 is 0.544 bits per heavy atom. The average Bonchev–Trinajstić information content (AvgIpc) is 3.73. The van der Waals surface area contributed by atoms with Crippen LogP contribution in [0.25, 0.3) is 83.9 Å². The first kappa shape index (κ1) is 42.3. The first-order valence-corrected chi connectivity index (χ1v) is 24.0. The number of para-hydroxylation sites is 1. The summed E-state index contributed by atoms with van der Waals surface area (Å²) in [6.45, 7) is 22.1. The quantitative estimate of drug-likeness (QED) is 0.157. The first-order valence-electron chi connectivity index (χ1n) is 25.5. The molecule has 2 heterocycles. The summed E-state index contributed by atoms with van der Waals surface area (Å²) in [6.07, 6.45) is 1.82. The molecule has 0 atom stereocenters. The Hall–Kier alpha value is -7.04. The number of aryl methyl sites for hydroxylation is 2. The summed E-state index contributed by atoms with van der Waals surface area (Å²) in [5.74, 6) is 1.19. The zero-order valence-corrected chi connectivity index (χ0v) is 41.5. The standard InChI is InChI=1S/C64H65N3O/c1-39(2)47-35-53(40(3)4)61(68)56(36-47)62-66-60-52(48-32-49(34-51(33-48)64(10,11)12)57-37-46(29-30-65-57)43-23-21-41(5)22-24-43)19-16-20-58(60)67(62)59-31-42(6)54(44-17-14-13-15-18-44)38-55(59)45-25-27-50(28-26-45)63(7,8)9/h13-40,68H,1-12H3/i5D3. The highest BCUT2D eigenvalue weighted by Crippen LogP contribution is 2.46. The second kappa shape index (κ2) is 17.9. The van der Waals surface area contributed by atoms with Crippen molar-refractivity contribution in [2.75, 3.05) is 0 Å². The van der Waals surface area contributed by atoms with E-state index in [0.717, 1.165) is 94.7 Å². The van der Waals surface area contributed by atoms with Crippen molar-refractivity contribution in [2.45, 2.75) is 106 Å². The number of rotatable bonds is 9. The number of pyridine rings is 1. The molecule has 0 aliphatic heterocycles. The van der Waals surface area contributed by atoms with Gasteiger partial charge in [0.2, 0.25) is 0 Å². The van der Waals surface area contributed by atoms with Gasteiger partial charge in [-0.05, 0) is 146 Å². The number of aromatic hydroxyl groups is 1. The number of phenolic OH excluding ortho intramolecular Hbond substituents is 1. The van der Waals surface area contributed by atoms with Crippen molar-refractivity contribution < 1.29 is 9.22 Å². The molecule has 0 amide bonds. The molecule has 2 aromatic heterocycles. The van der Waals surface area contributed by atoms with Gasteiger partial charge in [-0.3, -0.25) is 9.55 Å². The minimum atomic E-state index is -2.17. The molecule has 0 bridgehead atoms. The molecule has 9 rings (SSSR count). The van der Waals surface area contributed by atoms with E-state index in [1.165, 1.54) is 5.56 Å². The summed E-state index contributed by atoms with van der Waals surface area (Å²) >= 11 is 0. The average molecular weight is 895 g/mol. The Balaban J connectivity index is 1.33. The number of imidazole rings is 1. The summed E-state index contributed by atoms with van der Waals surface area (Å²) in [5, 5.41) is 12.5. The number of fused-ring (bicyclic) bond motifs is 1. The molecule has 4 nitrogen and oxygen atoms in total. The predicted octanol–water partition coefficient (Wildman–Crippen LogP) is 17.6. The summed E-state index contributed by atoms with van der Waals surface area (Å²) in [6, 6.07) is 52.8. The molecule has 0 saturated carbocycles. The third kappa shape index (κ3) is 8.93. The minimum absolute atomic E-state index is 0.0146. The van der Waals surface area contributed by atoms with Gasteiger partial charge in [-0.25, -0.2) is 4.98 Å². The molecule has 0 saturated heterocycles. The first-order chi connectivity index (χ1) is 33.6. The van der Waals surface area contributed by atoms with Gasteiger partial charge in [-0.2, -0.15) is 0 Å². The molecule has 9 aromatic rings. The number of hydrogen-bond acceptors (Lipinski definition) is 3. The van der Waals surface area contributed by atoms with Gasteiger partial charge in [0.15, 0.2) is 0 Å². The third-order valence-corrected chi connectivity index (χ3v) is 13.5. The van der Waals surface area contributed by atoms with Gasteiger partial charge in [-0.15, -0.1) is 0 Å². The Kier molecular flexibility index (Phi) is 11.1. The van der Waals surface area contributed by atoms with Crippen LogP contribution >= 0.6 is 0 Å². The van der Waals surface area contributed by atoms with E-state index in [2.05, 4.69) is 202 Å².